The molecule has 6 nitrogen and oxygen atoms in total. The molecule has 0 atom stereocenters. The van der Waals surface area contributed by atoms with E-state index in [4.69, 9.17) is 0 Å². The van der Waals surface area contributed by atoms with Gasteiger partial charge in [0.05, 0.1) is 6.54 Å². The number of H-pyrrole nitrogens is 1. The maximum atomic E-state index is 12.0. The third kappa shape index (κ3) is 4.55. The molecule has 1 aromatic heterocycles. The average Bonchev–Trinajstić information content (AvgIpc) is 2.51. The van der Waals surface area contributed by atoms with Crippen molar-refractivity contribution in [3.63, 3.8) is 0 Å². The van der Waals surface area contributed by atoms with Crippen LogP contribution < -0.4 is 16.2 Å². The molecule has 0 fully saturated rings. The van der Waals surface area contributed by atoms with Crippen molar-refractivity contribution >= 4 is 11.8 Å². The zero-order valence-corrected chi connectivity index (χ0v) is 14.0. The summed E-state index contributed by atoms with van der Waals surface area (Å²) < 4.78 is 0. The fraction of sp³-hybridized carbons (Fsp3) is 0.278. The van der Waals surface area contributed by atoms with Crippen molar-refractivity contribution < 1.29 is 9.59 Å². The van der Waals surface area contributed by atoms with E-state index in [0.29, 0.717) is 11.1 Å². The van der Waals surface area contributed by atoms with Crippen LogP contribution in [0.5, 0.6) is 0 Å². The highest BCUT2D eigenvalue weighted by Gasteiger charge is 2.10. The normalized spacial score (nSPS) is 10.3. The van der Waals surface area contributed by atoms with E-state index in [0.717, 1.165) is 16.8 Å². The first-order valence-electron chi connectivity index (χ1n) is 7.68. The van der Waals surface area contributed by atoms with Crippen LogP contribution in [0, 0.1) is 20.8 Å². The molecular formula is C18H21N3O3. The number of benzene rings is 1. The average molecular weight is 327 g/mol. The van der Waals surface area contributed by atoms with E-state index in [1.807, 2.05) is 26.0 Å². The van der Waals surface area contributed by atoms with Gasteiger partial charge in [0, 0.05) is 23.4 Å². The minimum atomic E-state index is -0.352. The van der Waals surface area contributed by atoms with Crippen molar-refractivity contribution in [3.05, 3.63) is 68.6 Å². The number of pyridine rings is 1. The van der Waals surface area contributed by atoms with Crippen LogP contribution >= 0.6 is 0 Å². The van der Waals surface area contributed by atoms with Crippen LogP contribution in [0.4, 0.5) is 0 Å². The Balaban J connectivity index is 1.88. The summed E-state index contributed by atoms with van der Waals surface area (Å²) in [6.07, 6.45) is 0. The maximum absolute atomic E-state index is 12.0. The Morgan fingerprint density at radius 1 is 1.08 bits per heavy atom. The first-order valence-corrected chi connectivity index (χ1v) is 7.68. The number of amides is 2. The number of aromatic amines is 1. The highest BCUT2D eigenvalue weighted by molar-refractivity contribution is 5.96. The van der Waals surface area contributed by atoms with Gasteiger partial charge in [-0.25, -0.2) is 0 Å². The van der Waals surface area contributed by atoms with Crippen LogP contribution in [-0.4, -0.2) is 23.3 Å². The molecule has 3 N–H and O–H groups in total. The lowest BCUT2D eigenvalue weighted by Gasteiger charge is -2.09. The largest absolute Gasteiger partial charge is 0.350 e. The Morgan fingerprint density at radius 3 is 2.50 bits per heavy atom. The fourth-order valence-electron chi connectivity index (χ4n) is 2.40. The number of aromatic nitrogens is 1. The minimum Gasteiger partial charge on any atom is -0.350 e. The van der Waals surface area contributed by atoms with Gasteiger partial charge in [0.25, 0.3) is 11.5 Å². The van der Waals surface area contributed by atoms with Gasteiger partial charge in [-0.2, -0.15) is 0 Å². The molecule has 2 aromatic rings. The van der Waals surface area contributed by atoms with E-state index in [1.54, 1.807) is 25.1 Å². The van der Waals surface area contributed by atoms with Gasteiger partial charge >= 0.3 is 0 Å². The molecule has 0 spiro atoms. The lowest BCUT2D eigenvalue weighted by Crippen LogP contribution is -2.37. The van der Waals surface area contributed by atoms with Crippen molar-refractivity contribution in [1.29, 1.82) is 0 Å². The molecule has 24 heavy (non-hydrogen) atoms. The molecule has 0 bridgehead atoms. The predicted octanol–water partition coefficient (Wildman–Crippen LogP) is 1.35. The second-order valence-corrected chi connectivity index (χ2v) is 5.77. The number of hydrogen-bond acceptors (Lipinski definition) is 3. The molecule has 1 heterocycles. The second-order valence-electron chi connectivity index (χ2n) is 5.77. The van der Waals surface area contributed by atoms with Crippen LogP contribution in [0.2, 0.25) is 0 Å². The standard InChI is InChI=1S/C18H21N3O3/c1-11-5-4-6-14(7-11)17(23)20-10-16(22)19-9-15-12(2)8-13(3)21-18(15)24/h4-8H,9-10H2,1-3H3,(H,19,22)(H,20,23)(H,21,24). The zero-order valence-electron chi connectivity index (χ0n) is 14.0. The van der Waals surface area contributed by atoms with Gasteiger partial charge in [-0.1, -0.05) is 17.7 Å². The summed E-state index contributed by atoms with van der Waals surface area (Å²) in [6, 6.07) is 8.97. The highest BCUT2D eigenvalue weighted by Crippen LogP contribution is 2.04. The number of carbonyl (C=O) groups excluding carboxylic acids is 2. The summed E-state index contributed by atoms with van der Waals surface area (Å²) in [4.78, 5) is 38.4. The third-order valence-corrected chi connectivity index (χ3v) is 3.65. The van der Waals surface area contributed by atoms with Crippen LogP contribution in [0.25, 0.3) is 0 Å². The molecule has 126 valence electrons. The lowest BCUT2D eigenvalue weighted by atomic mass is 10.1. The van der Waals surface area contributed by atoms with E-state index in [9.17, 15) is 14.4 Å². The van der Waals surface area contributed by atoms with Crippen LogP contribution in [0.1, 0.15) is 32.7 Å². The quantitative estimate of drug-likeness (QED) is 0.774. The Labute approximate surface area is 140 Å². The van der Waals surface area contributed by atoms with E-state index < -0.39 is 0 Å². The van der Waals surface area contributed by atoms with Crippen molar-refractivity contribution in [2.45, 2.75) is 27.3 Å². The molecule has 2 amide bonds. The van der Waals surface area contributed by atoms with E-state index >= 15 is 0 Å². The Bertz CT molecular complexity index is 824. The van der Waals surface area contributed by atoms with Crippen LogP contribution in [0.3, 0.4) is 0 Å². The Kier molecular flexibility index (Phi) is 5.52. The van der Waals surface area contributed by atoms with Gasteiger partial charge in [-0.05, 0) is 44.5 Å². The number of rotatable bonds is 5. The molecule has 6 heteroatoms. The molecule has 0 unspecified atom stereocenters. The van der Waals surface area contributed by atoms with Crippen molar-refractivity contribution in [3.8, 4) is 0 Å². The Hall–Kier alpha value is -2.89. The summed E-state index contributed by atoms with van der Waals surface area (Å²) in [5, 5.41) is 5.21. The van der Waals surface area contributed by atoms with Crippen molar-refractivity contribution in [1.82, 2.24) is 15.6 Å². The highest BCUT2D eigenvalue weighted by atomic mass is 16.2. The molecule has 0 aliphatic carbocycles. The first kappa shape index (κ1) is 17.5. The molecule has 0 aliphatic heterocycles. The zero-order chi connectivity index (χ0) is 17.7. The van der Waals surface area contributed by atoms with Gasteiger partial charge in [0.2, 0.25) is 5.91 Å². The maximum Gasteiger partial charge on any atom is 0.253 e. The number of aryl methyl sites for hydroxylation is 3. The van der Waals surface area contributed by atoms with E-state index in [-0.39, 0.29) is 30.5 Å². The topological polar surface area (TPSA) is 91.1 Å². The molecule has 0 aliphatic rings. The van der Waals surface area contributed by atoms with Gasteiger partial charge in [0.15, 0.2) is 0 Å². The van der Waals surface area contributed by atoms with Gasteiger partial charge < -0.3 is 15.6 Å². The third-order valence-electron chi connectivity index (χ3n) is 3.65. The molecular weight excluding hydrogens is 306 g/mol. The minimum absolute atomic E-state index is 0.126. The SMILES string of the molecule is Cc1cccc(C(=O)NCC(=O)NCc2c(C)cc(C)[nH]c2=O)c1. The summed E-state index contributed by atoms with van der Waals surface area (Å²) in [5.41, 5.74) is 3.38. The molecule has 2 rings (SSSR count). The molecule has 0 radical (unpaired) electrons. The lowest BCUT2D eigenvalue weighted by molar-refractivity contribution is -0.120. The van der Waals surface area contributed by atoms with E-state index in [1.165, 1.54) is 0 Å². The monoisotopic (exact) mass is 327 g/mol. The van der Waals surface area contributed by atoms with Gasteiger partial charge in [-0.15, -0.1) is 0 Å². The van der Waals surface area contributed by atoms with Crippen LogP contribution in [-0.2, 0) is 11.3 Å². The summed E-state index contributed by atoms with van der Waals surface area (Å²) in [5.74, 6) is -0.659. The number of carbonyl (C=O) groups is 2. The van der Waals surface area contributed by atoms with Crippen molar-refractivity contribution in [2.75, 3.05) is 6.54 Å². The number of nitrogens with one attached hydrogen (secondary N) is 3. The summed E-state index contributed by atoms with van der Waals surface area (Å²) in [7, 11) is 0. The molecule has 0 saturated heterocycles. The fourth-order valence-corrected chi connectivity index (χ4v) is 2.40. The van der Waals surface area contributed by atoms with Crippen LogP contribution in [0.15, 0.2) is 35.1 Å². The van der Waals surface area contributed by atoms with E-state index in [2.05, 4.69) is 15.6 Å². The predicted molar refractivity (Wildman–Crippen MR) is 91.9 cm³/mol. The molecule has 0 saturated carbocycles. The first-order chi connectivity index (χ1) is 11.4. The summed E-state index contributed by atoms with van der Waals surface area (Å²) in [6.45, 7) is 5.50. The number of hydrogen-bond donors (Lipinski definition) is 3. The second kappa shape index (κ2) is 7.59. The smallest absolute Gasteiger partial charge is 0.253 e. The van der Waals surface area contributed by atoms with Gasteiger partial charge in [-0.3, -0.25) is 14.4 Å². The Morgan fingerprint density at radius 2 is 1.83 bits per heavy atom. The van der Waals surface area contributed by atoms with Crippen molar-refractivity contribution in [2.24, 2.45) is 0 Å². The summed E-state index contributed by atoms with van der Waals surface area (Å²) >= 11 is 0. The molecule has 1 aromatic carbocycles. The van der Waals surface area contributed by atoms with Gasteiger partial charge in [0.1, 0.15) is 0 Å².